The van der Waals surface area contributed by atoms with Crippen molar-refractivity contribution in [2.45, 2.75) is 0 Å². The predicted octanol–water partition coefficient (Wildman–Crippen LogP) is -1.57. The smallest absolute Gasteiger partial charge is 0 e. The normalized spacial score (nSPS) is 0. The molecule has 0 fully saturated rings. The first-order chi connectivity index (χ1) is 0. The van der Waals surface area contributed by atoms with Crippen LogP contribution in [0, 0.1) is 0 Å². The van der Waals surface area contributed by atoms with E-state index in [4.69, 9.17) is 0 Å². The van der Waals surface area contributed by atoms with Gasteiger partial charge < -0.3 is 0 Å². The van der Waals surface area contributed by atoms with Crippen LogP contribution >= 0.6 is 0 Å². The Morgan fingerprint density at radius 1 is 0.750 bits per heavy atom. The van der Waals surface area contributed by atoms with Crippen LogP contribution in [-0.2, 0) is 34.1 Å². The zero-order valence-corrected chi connectivity index (χ0v) is 8.83. The van der Waals surface area contributed by atoms with Crippen LogP contribution in [-0.4, -0.2) is 66.6 Å². The molecule has 1 radical (unpaired) electrons. The largest absolute Gasteiger partial charge is 0.0814 e. The topological polar surface area (TPSA) is 0 Å². The molecule has 0 saturated heterocycles. The fourth-order valence-corrected chi connectivity index (χ4v) is 0. The van der Waals surface area contributed by atoms with Gasteiger partial charge in [0.2, 0.25) is 0 Å². The molecule has 23 valence electrons. The van der Waals surface area contributed by atoms with Crippen LogP contribution in [0.25, 0.3) is 0 Å². The van der Waals surface area contributed by atoms with Crippen LogP contribution in [0.2, 0.25) is 0 Å². The SMILES string of the molecule is B.[Fe].[Fe].[Rb]. The maximum Gasteiger partial charge on any atom is 0.0814 e. The zero-order chi connectivity index (χ0) is 0. The zero-order valence-electron chi connectivity index (χ0n) is 1.71. The Hall–Kier alpha value is 2.91. The molecule has 0 aliphatic carbocycles. The predicted molar refractivity (Wildman–Crippen MR) is 15.7 cm³/mol. The van der Waals surface area contributed by atoms with Crippen molar-refractivity contribution in [3.8, 4) is 0 Å². The Kier molecular flexibility index (Phi) is 120. The number of hydrogen-bond donors (Lipinski definition) is 0. The van der Waals surface area contributed by atoms with E-state index in [0.717, 1.165) is 0 Å². The first-order valence-corrected chi connectivity index (χ1v) is 0. The first-order valence-electron chi connectivity index (χ1n) is 0. The van der Waals surface area contributed by atoms with Crippen molar-refractivity contribution in [3.63, 3.8) is 0 Å². The van der Waals surface area contributed by atoms with Gasteiger partial charge in [0.1, 0.15) is 0 Å². The standard InChI is InChI=1S/BH3.2Fe.Rb/h1H3;;;. The summed E-state index contributed by atoms with van der Waals surface area (Å²) in [6.45, 7) is 0. The Bertz CT molecular complexity index is 6.00. The molecule has 0 aromatic carbocycles. The molecule has 0 saturated carbocycles. The summed E-state index contributed by atoms with van der Waals surface area (Å²) >= 11 is 0. The Labute approximate surface area is 98.2 Å². The van der Waals surface area contributed by atoms with E-state index < -0.39 is 0 Å². The van der Waals surface area contributed by atoms with Crippen molar-refractivity contribution in [2.75, 3.05) is 0 Å². The molecule has 0 aromatic heterocycles. The summed E-state index contributed by atoms with van der Waals surface area (Å²) in [5.41, 5.74) is 0. The number of rotatable bonds is 0. The third-order valence-corrected chi connectivity index (χ3v) is 0. The van der Waals surface area contributed by atoms with Gasteiger partial charge in [-0.2, -0.15) is 0 Å². The molecule has 0 aliphatic rings. The first kappa shape index (κ1) is 28.5. The Balaban J connectivity index is 0. The molecule has 0 spiro atoms. The van der Waals surface area contributed by atoms with E-state index in [0.29, 0.717) is 0 Å². The molecule has 0 aliphatic heterocycles. The van der Waals surface area contributed by atoms with Crippen LogP contribution in [0.15, 0.2) is 0 Å². The second kappa shape index (κ2) is 16.8. The summed E-state index contributed by atoms with van der Waals surface area (Å²) in [4.78, 5) is 0. The van der Waals surface area contributed by atoms with E-state index in [2.05, 4.69) is 0 Å². The minimum Gasteiger partial charge on any atom is 0 e. The van der Waals surface area contributed by atoms with Crippen molar-refractivity contribution in [1.29, 1.82) is 0 Å². The summed E-state index contributed by atoms with van der Waals surface area (Å²) in [7, 11) is 0. The Morgan fingerprint density at radius 3 is 0.750 bits per heavy atom. The summed E-state index contributed by atoms with van der Waals surface area (Å²) in [5.74, 6) is 0. The minimum absolute atomic E-state index is 0. The Morgan fingerprint density at radius 2 is 0.750 bits per heavy atom. The summed E-state index contributed by atoms with van der Waals surface area (Å²) < 4.78 is 0. The van der Waals surface area contributed by atoms with Gasteiger partial charge in [0.05, 0.1) is 8.41 Å². The van der Waals surface area contributed by atoms with Gasteiger partial charge in [-0.1, -0.05) is 0 Å². The van der Waals surface area contributed by atoms with Gasteiger partial charge in [-0.15, -0.1) is 0 Å². The van der Waals surface area contributed by atoms with Crippen molar-refractivity contribution < 1.29 is 34.1 Å². The van der Waals surface area contributed by atoms with Crippen LogP contribution < -0.4 is 0 Å². The summed E-state index contributed by atoms with van der Waals surface area (Å²) in [6, 6.07) is 0. The van der Waals surface area contributed by atoms with Crippen molar-refractivity contribution in [2.24, 2.45) is 0 Å². The third kappa shape index (κ3) is 8.86. The van der Waals surface area contributed by atoms with Crippen LogP contribution in [0.3, 0.4) is 0 Å². The molecule has 0 nitrogen and oxygen atoms in total. The fourth-order valence-electron chi connectivity index (χ4n) is 0. The molecule has 0 aromatic rings. The molecule has 4 heteroatoms. The molecule has 0 atom stereocenters. The molecule has 0 unspecified atom stereocenters. The molecule has 4 heavy (non-hydrogen) atoms. The second-order valence-electron chi connectivity index (χ2n) is 0. The van der Waals surface area contributed by atoms with Crippen molar-refractivity contribution in [3.05, 3.63) is 0 Å². The average molecular weight is 211 g/mol. The van der Waals surface area contributed by atoms with Gasteiger partial charge in [0.25, 0.3) is 0 Å². The van der Waals surface area contributed by atoms with Gasteiger partial charge in [0, 0.05) is 92.3 Å². The van der Waals surface area contributed by atoms with Gasteiger partial charge in [0.15, 0.2) is 0 Å². The van der Waals surface area contributed by atoms with E-state index in [1.54, 1.807) is 0 Å². The minimum atomic E-state index is 0. The maximum atomic E-state index is 0. The molecule has 0 heterocycles. The van der Waals surface area contributed by atoms with E-state index in [-0.39, 0.29) is 101 Å². The van der Waals surface area contributed by atoms with Gasteiger partial charge in [-0.05, 0) is 0 Å². The van der Waals surface area contributed by atoms with Crippen molar-refractivity contribution in [1.82, 2.24) is 0 Å². The quantitative estimate of drug-likeness (QED) is 0.425. The van der Waals surface area contributed by atoms with E-state index in [9.17, 15) is 0 Å². The van der Waals surface area contributed by atoms with E-state index in [1.165, 1.54) is 0 Å². The molecule has 0 rings (SSSR count). The molecular formula is H3BFe2Rb. The third-order valence-electron chi connectivity index (χ3n) is 0. The van der Waals surface area contributed by atoms with E-state index >= 15 is 0 Å². The molecular weight excluding hydrogens is 208 g/mol. The molecule has 0 N–H and O–H groups in total. The van der Waals surface area contributed by atoms with Gasteiger partial charge >= 0.3 is 0 Å². The number of hydrogen-bond acceptors (Lipinski definition) is 0. The van der Waals surface area contributed by atoms with Gasteiger partial charge in [-0.25, -0.2) is 0 Å². The molecule has 0 amide bonds. The van der Waals surface area contributed by atoms with Crippen LogP contribution in [0.4, 0.5) is 0 Å². The van der Waals surface area contributed by atoms with Gasteiger partial charge in [-0.3, -0.25) is 0 Å². The summed E-state index contributed by atoms with van der Waals surface area (Å²) in [5, 5.41) is 0. The van der Waals surface area contributed by atoms with Crippen LogP contribution in [0.1, 0.15) is 0 Å². The summed E-state index contributed by atoms with van der Waals surface area (Å²) in [6.07, 6.45) is 0. The van der Waals surface area contributed by atoms with Crippen molar-refractivity contribution >= 4 is 66.6 Å². The van der Waals surface area contributed by atoms with E-state index in [1.807, 2.05) is 0 Å². The monoisotopic (exact) mass is 211 g/mol. The molecule has 0 bridgehead atoms. The fraction of sp³-hybridized carbons (Fsp3) is 0. The maximum absolute atomic E-state index is 0. The van der Waals surface area contributed by atoms with Crippen LogP contribution in [0.5, 0.6) is 0 Å². The second-order valence-corrected chi connectivity index (χ2v) is 0. The average Bonchev–Trinajstić information content (AvgIpc) is 0.